The van der Waals surface area contributed by atoms with Crippen LogP contribution in [0, 0.1) is 11.8 Å². The van der Waals surface area contributed by atoms with Crippen molar-refractivity contribution >= 4 is 70.9 Å². The number of rotatable bonds is 29. The maximum absolute atomic E-state index is 15.4. The number of nitrogens with zero attached hydrogens (tertiary/aromatic N) is 4. The second-order valence-electron chi connectivity index (χ2n) is 30.6. The van der Waals surface area contributed by atoms with Gasteiger partial charge in [-0.2, -0.15) is 0 Å². The number of aromatic hydroxyl groups is 1. The van der Waals surface area contributed by atoms with Crippen LogP contribution in [0.4, 0.5) is 0 Å². The van der Waals surface area contributed by atoms with E-state index in [0.717, 1.165) is 21.5 Å². The van der Waals surface area contributed by atoms with Crippen LogP contribution in [-0.2, 0) is 99.2 Å². The number of amides is 12. The number of primary amides is 2. The fourth-order valence-corrected chi connectivity index (χ4v) is 14.2. The molecular weight excluding hydrogens is 1540 g/mol. The van der Waals surface area contributed by atoms with Gasteiger partial charge in [-0.15, -0.1) is 5.10 Å². The fraction of sp³-hybridized carbons (Fsp3) is 0.470. The summed E-state index contributed by atoms with van der Waals surface area (Å²) in [5.41, 5.74) is 21.5. The van der Waals surface area contributed by atoms with Crippen LogP contribution in [0.3, 0.4) is 0 Å². The molecule has 0 bridgehead atoms. The molecule has 9 rings (SSSR count). The van der Waals surface area contributed by atoms with Crippen LogP contribution in [-0.4, -0.2) is 235 Å². The molecule has 0 unspecified atom stereocenters. The highest BCUT2D eigenvalue weighted by atomic mass is 16.7. The summed E-state index contributed by atoms with van der Waals surface area (Å²) in [4.78, 5) is 184. The number of aromatic nitrogens is 3. The van der Waals surface area contributed by atoms with Crippen molar-refractivity contribution in [2.45, 2.75) is 202 Å². The average molecular weight is 1650 g/mol. The van der Waals surface area contributed by atoms with E-state index in [1.165, 1.54) is 35.4 Å². The number of benzene rings is 5. The van der Waals surface area contributed by atoms with E-state index in [9.17, 15) is 58.8 Å². The summed E-state index contributed by atoms with van der Waals surface area (Å²) in [6.07, 6.45) is -7.15. The van der Waals surface area contributed by atoms with Crippen LogP contribution in [0.15, 0.2) is 146 Å². The van der Waals surface area contributed by atoms with E-state index >= 15 is 19.2 Å². The number of nitrogens with two attached hydrogens (primary N) is 3. The number of fused-ring (bicyclic) bond motifs is 1. The third-order valence-corrected chi connectivity index (χ3v) is 20.6. The maximum atomic E-state index is 15.4. The monoisotopic (exact) mass is 1650 g/mol. The molecule has 3 saturated heterocycles. The van der Waals surface area contributed by atoms with Crippen molar-refractivity contribution in [2.24, 2.45) is 29.0 Å². The summed E-state index contributed by atoms with van der Waals surface area (Å²) in [6.45, 7) is 5.84. The number of carbonyl (C=O) groups is 12. The van der Waals surface area contributed by atoms with Crippen LogP contribution in [0.2, 0.25) is 0 Å². The molecule has 5 aromatic carbocycles. The van der Waals surface area contributed by atoms with Crippen molar-refractivity contribution in [3.8, 4) is 16.9 Å². The number of hydrogen-bond donors (Lipinski definition) is 17. The molecule has 36 heteroatoms. The van der Waals surface area contributed by atoms with E-state index in [0.29, 0.717) is 16.7 Å². The largest absolute Gasteiger partial charge is 0.508 e. The molecule has 0 aliphatic carbocycles. The standard InChI is InChI=1S/C83H109N17O19/c1-47(2)38-59-75(109)95-64(41-50-18-10-6-11-19-50)82(116)99-35-15-23-65(99)80(114)94-60(39-49-16-8-5-9-17-49)76(110)92-62(42-55-45-100(98-97-55)118-37-36-117-83-70(72(106)71(105)66(46-101)119-83)87-44-52-24-28-54(29-25-52)53-20-12-7-13-21-53)77(111)93-63(43-68(86)104)78(112)88-58(32-33-67(85)103)74(108)91-61(40-51-26-30-56(102)31-27-51)79(113)96-69(48(3)4)81(115)89-57(22-14-34-84)73(107)90-59/h5-13,16-21,24-31,45,47-48,57-66,69-72,83,87,101-102,105-106H,14-15,22-23,32-44,46,84H2,1-4H3,(H2,85,103)(H2,86,104)(H,88,112)(H,89,115)(H,90,107)(H,91,108)(H,92,110)(H,93,111)(H,94,114)(H,95,109)(H,96,113)/t57-,58-,59-,60-,61-,62+,63-,64+,65-,66+,69-,70+,71+,72+,83+/m0/s1. The summed E-state index contributed by atoms with van der Waals surface area (Å²) in [5.74, 6) is -12.9. The molecule has 3 aliphatic rings. The predicted molar refractivity (Wildman–Crippen MR) is 430 cm³/mol. The first-order valence-corrected chi connectivity index (χ1v) is 39.9. The quantitative estimate of drug-likeness (QED) is 0.0224. The summed E-state index contributed by atoms with van der Waals surface area (Å²) >= 11 is 0. The lowest BCUT2D eigenvalue weighted by atomic mass is 9.96. The Labute approximate surface area is 688 Å². The van der Waals surface area contributed by atoms with Crippen molar-refractivity contribution in [3.63, 3.8) is 0 Å². The van der Waals surface area contributed by atoms with Crippen molar-refractivity contribution in [1.29, 1.82) is 0 Å². The molecule has 3 aliphatic heterocycles. The normalized spacial score (nSPS) is 25.1. The van der Waals surface area contributed by atoms with Gasteiger partial charge in [-0.25, -0.2) is 0 Å². The molecule has 640 valence electrons. The summed E-state index contributed by atoms with van der Waals surface area (Å²) < 4.78 is 12.0. The molecule has 3 fully saturated rings. The molecule has 12 amide bonds. The minimum atomic E-state index is -2.01. The number of aliphatic hydroxyl groups excluding tert-OH is 3. The van der Waals surface area contributed by atoms with Crippen LogP contribution in [0.25, 0.3) is 11.1 Å². The van der Waals surface area contributed by atoms with Gasteiger partial charge in [0.1, 0.15) is 91.1 Å². The summed E-state index contributed by atoms with van der Waals surface area (Å²) in [6, 6.07) is 23.3. The zero-order valence-corrected chi connectivity index (χ0v) is 66.8. The SMILES string of the molecule is CC(C)C[C@@H]1NC(=O)[C@H](CCCN)NC(=O)[C@H](C(C)C)NC(=O)[C@H](Cc2ccc(O)cc2)NC(=O)[C@H](CCC(N)=O)NC(=O)[C@H](CC(N)=O)NC(=O)[C@@H](Cc2cn(OCCO[C@@H]3O[C@H](CO)[C@@H](O)[C@H](O)[C@H]3NCc3ccc(-c4ccccc4)cc3)nn2)NC(=O)[C@H](Cc2ccccc2)NC(=O)[C@@H]2CCCN2C(=O)[C@@H](Cc2ccccc2)NC1=O. The van der Waals surface area contributed by atoms with Gasteiger partial charge >= 0.3 is 0 Å². The van der Waals surface area contributed by atoms with Gasteiger partial charge in [-0.05, 0) is 108 Å². The fourth-order valence-electron chi connectivity index (χ4n) is 14.2. The van der Waals surface area contributed by atoms with Gasteiger partial charge in [0, 0.05) is 45.2 Å². The Bertz CT molecular complexity index is 4400. The number of aliphatic hydroxyl groups is 3. The molecule has 0 radical (unpaired) electrons. The third-order valence-electron chi connectivity index (χ3n) is 20.6. The van der Waals surface area contributed by atoms with Gasteiger partial charge < -0.3 is 110 Å². The minimum Gasteiger partial charge on any atom is -0.508 e. The third kappa shape index (κ3) is 27.1. The Morgan fingerprint density at radius 1 is 0.555 bits per heavy atom. The number of carbonyl (C=O) groups excluding carboxylic acids is 12. The van der Waals surface area contributed by atoms with Crippen molar-refractivity contribution in [3.05, 3.63) is 174 Å². The second-order valence-corrected chi connectivity index (χ2v) is 30.6. The van der Waals surface area contributed by atoms with Crippen LogP contribution in [0.5, 0.6) is 5.75 Å². The summed E-state index contributed by atoms with van der Waals surface area (Å²) in [7, 11) is 0. The highest BCUT2D eigenvalue weighted by Crippen LogP contribution is 2.26. The van der Waals surface area contributed by atoms with Gasteiger partial charge in [-0.1, -0.05) is 160 Å². The average Bonchev–Trinajstić information content (AvgIpc) is 1.81. The minimum absolute atomic E-state index is 0.00870. The first-order valence-electron chi connectivity index (χ1n) is 39.9. The Hall–Kier alpha value is -11.8. The predicted octanol–water partition coefficient (Wildman–Crippen LogP) is -2.09. The van der Waals surface area contributed by atoms with Crippen LogP contribution < -0.4 is 75.2 Å². The van der Waals surface area contributed by atoms with E-state index in [4.69, 9.17) is 31.5 Å². The van der Waals surface area contributed by atoms with E-state index < -0.39 is 200 Å². The van der Waals surface area contributed by atoms with Gasteiger partial charge in [0.2, 0.25) is 70.9 Å². The molecule has 36 nitrogen and oxygen atoms in total. The molecule has 4 heterocycles. The van der Waals surface area contributed by atoms with E-state index in [1.54, 1.807) is 88.4 Å². The molecular formula is C83H109N17O19. The maximum Gasteiger partial charge on any atom is 0.246 e. The molecule has 20 N–H and O–H groups in total. The van der Waals surface area contributed by atoms with E-state index in [2.05, 4.69) is 63.5 Å². The van der Waals surface area contributed by atoms with Gasteiger partial charge in [0.15, 0.2) is 6.29 Å². The number of phenolic OH excluding ortho intramolecular Hbond substituents is 1. The lowest BCUT2D eigenvalue weighted by Crippen LogP contribution is -2.63. The topological polar surface area (TPSA) is 546 Å². The zero-order chi connectivity index (χ0) is 85.8. The van der Waals surface area contributed by atoms with Crippen LogP contribution in [0.1, 0.15) is 107 Å². The molecule has 0 spiro atoms. The first-order chi connectivity index (χ1) is 57.0. The Morgan fingerprint density at radius 3 is 1.64 bits per heavy atom. The number of hydrogen-bond acceptors (Lipinski definition) is 23. The highest BCUT2D eigenvalue weighted by molar-refractivity contribution is 6.01. The van der Waals surface area contributed by atoms with Crippen molar-refractivity contribution in [1.82, 2.24) is 73.2 Å². The van der Waals surface area contributed by atoms with E-state index in [1.807, 2.05) is 54.6 Å². The van der Waals surface area contributed by atoms with Gasteiger partial charge in [-0.3, -0.25) is 57.5 Å². The molecule has 0 saturated carbocycles. The second kappa shape index (κ2) is 44.7. The van der Waals surface area contributed by atoms with E-state index in [-0.39, 0.29) is 102 Å². The van der Waals surface area contributed by atoms with Gasteiger partial charge in [0.05, 0.1) is 37.6 Å². The zero-order valence-electron chi connectivity index (χ0n) is 66.8. The Balaban J connectivity index is 1.05. The number of ether oxygens (including phenoxy) is 2. The van der Waals surface area contributed by atoms with Crippen LogP contribution >= 0.6 is 0 Å². The van der Waals surface area contributed by atoms with Crippen molar-refractivity contribution < 1.29 is 92.3 Å². The molecule has 1 aromatic heterocycles. The van der Waals surface area contributed by atoms with Crippen molar-refractivity contribution in [2.75, 3.05) is 32.9 Å². The smallest absolute Gasteiger partial charge is 0.246 e. The lowest BCUT2D eigenvalue weighted by Gasteiger charge is -2.42. The lowest BCUT2D eigenvalue weighted by molar-refractivity contribution is -0.273. The molecule has 15 atom stereocenters. The first kappa shape index (κ1) is 91.1. The molecule has 6 aromatic rings. The summed E-state index contributed by atoms with van der Waals surface area (Å²) in [5, 5.41) is 78.1. The number of phenols is 1. The number of nitrogens with one attached hydrogen (secondary N) is 10. The Kier molecular flexibility index (Phi) is 34.2. The highest BCUT2D eigenvalue weighted by Gasteiger charge is 2.46. The van der Waals surface area contributed by atoms with Gasteiger partial charge in [0.25, 0.3) is 0 Å². The molecule has 119 heavy (non-hydrogen) atoms. The Morgan fingerprint density at radius 2 is 1.05 bits per heavy atom.